The molecule has 0 aliphatic rings. The molecule has 0 saturated carbocycles. The molecular formula is C30H62N2O. The molecule has 0 aliphatic heterocycles. The summed E-state index contributed by atoms with van der Waals surface area (Å²) < 4.78 is 0. The highest BCUT2D eigenvalue weighted by Gasteiger charge is 2.14. The summed E-state index contributed by atoms with van der Waals surface area (Å²) in [5.74, 6) is 0.196. The lowest BCUT2D eigenvalue weighted by molar-refractivity contribution is -0.126. The van der Waals surface area contributed by atoms with Gasteiger partial charge in [-0.2, -0.15) is 0 Å². The third-order valence-corrected chi connectivity index (χ3v) is 7.10. The molecule has 0 unspecified atom stereocenters. The Morgan fingerprint density at radius 3 is 1.21 bits per heavy atom. The second-order valence-corrected chi connectivity index (χ2v) is 10.5. The fraction of sp³-hybridized carbons (Fsp3) is 0.967. The number of carbonyl (C=O) groups excluding carboxylic acids is 1. The lowest BCUT2D eigenvalue weighted by Gasteiger charge is -2.28. The monoisotopic (exact) mass is 466 g/mol. The average molecular weight is 467 g/mol. The van der Waals surface area contributed by atoms with E-state index >= 15 is 0 Å². The first-order valence-electron chi connectivity index (χ1n) is 15.2. The van der Waals surface area contributed by atoms with Crippen LogP contribution in [-0.2, 0) is 4.79 Å². The summed E-state index contributed by atoms with van der Waals surface area (Å²) in [6, 6.07) is 0.481. The quantitative estimate of drug-likeness (QED) is 0.102. The number of carbonyl (C=O) groups is 1. The third kappa shape index (κ3) is 23.0. The fourth-order valence-corrected chi connectivity index (χ4v) is 4.91. The van der Waals surface area contributed by atoms with Crippen LogP contribution in [0.2, 0.25) is 0 Å². The van der Waals surface area contributed by atoms with E-state index in [4.69, 9.17) is 0 Å². The van der Waals surface area contributed by atoms with Crippen molar-refractivity contribution in [2.45, 2.75) is 181 Å². The van der Waals surface area contributed by atoms with Gasteiger partial charge in [-0.25, -0.2) is 5.01 Å². The molecule has 0 fully saturated rings. The zero-order valence-corrected chi connectivity index (χ0v) is 23.4. The van der Waals surface area contributed by atoms with Gasteiger partial charge >= 0.3 is 0 Å². The Bertz CT molecular complexity index is 393. The minimum absolute atomic E-state index is 0.196. The third-order valence-electron chi connectivity index (χ3n) is 7.10. The second-order valence-electron chi connectivity index (χ2n) is 10.5. The van der Waals surface area contributed by atoms with Gasteiger partial charge in [-0.05, 0) is 19.3 Å². The summed E-state index contributed by atoms with van der Waals surface area (Å²) in [5, 5.41) is 2.06. The van der Waals surface area contributed by atoms with Crippen LogP contribution < -0.4 is 5.43 Å². The maximum Gasteiger partial charge on any atom is 0.234 e. The Labute approximate surface area is 209 Å². The van der Waals surface area contributed by atoms with Gasteiger partial charge < -0.3 is 0 Å². The molecule has 0 saturated heterocycles. The minimum Gasteiger partial charge on any atom is -0.289 e. The van der Waals surface area contributed by atoms with Crippen molar-refractivity contribution in [1.29, 1.82) is 0 Å². The second kappa shape index (κ2) is 26.0. The molecule has 0 spiro atoms. The molecule has 0 radical (unpaired) electrons. The van der Waals surface area contributed by atoms with Crippen LogP contribution >= 0.6 is 0 Å². The Kier molecular flexibility index (Phi) is 25.6. The molecule has 33 heavy (non-hydrogen) atoms. The van der Waals surface area contributed by atoms with Gasteiger partial charge in [-0.1, -0.05) is 149 Å². The number of nitrogens with zero attached hydrogens (tertiary/aromatic N) is 1. The molecule has 1 amide bonds. The van der Waals surface area contributed by atoms with E-state index in [-0.39, 0.29) is 5.91 Å². The van der Waals surface area contributed by atoms with Crippen LogP contribution in [0, 0.1) is 0 Å². The maximum atomic E-state index is 12.2. The summed E-state index contributed by atoms with van der Waals surface area (Å²) in [5.41, 5.74) is 3.10. The number of hydrogen-bond donors (Lipinski definition) is 1. The number of amides is 1. The van der Waals surface area contributed by atoms with Gasteiger partial charge in [0.25, 0.3) is 0 Å². The zero-order chi connectivity index (χ0) is 24.4. The molecule has 198 valence electrons. The van der Waals surface area contributed by atoms with Crippen LogP contribution in [0.4, 0.5) is 0 Å². The zero-order valence-electron chi connectivity index (χ0n) is 23.4. The molecule has 0 bridgehead atoms. The van der Waals surface area contributed by atoms with Crippen molar-refractivity contribution < 1.29 is 4.79 Å². The summed E-state index contributed by atoms with van der Waals surface area (Å²) in [4.78, 5) is 12.2. The lowest BCUT2D eigenvalue weighted by Crippen LogP contribution is -2.45. The Hall–Kier alpha value is -0.570. The standard InChI is InChI=1S/C30H62N2O/c1-5-8-9-10-11-12-13-14-15-16-17-18-19-20-21-22-23-24-25-28-30(33)31-32(4)29(26-6-2)27-7-3/h29H,5-28H2,1-4H3,(H,31,33). The highest BCUT2D eigenvalue weighted by Crippen LogP contribution is 2.15. The Morgan fingerprint density at radius 1 is 0.545 bits per heavy atom. The lowest BCUT2D eigenvalue weighted by atomic mass is 10.0. The van der Waals surface area contributed by atoms with Crippen molar-refractivity contribution in [3.8, 4) is 0 Å². The largest absolute Gasteiger partial charge is 0.289 e. The average Bonchev–Trinajstić information content (AvgIpc) is 2.80. The molecule has 0 aromatic rings. The maximum absolute atomic E-state index is 12.2. The first-order valence-corrected chi connectivity index (χ1v) is 15.2. The minimum atomic E-state index is 0.196. The van der Waals surface area contributed by atoms with Crippen LogP contribution in [0.1, 0.15) is 175 Å². The molecule has 0 aliphatic carbocycles. The molecule has 0 atom stereocenters. The Balaban J connectivity index is 3.34. The van der Waals surface area contributed by atoms with Crippen molar-refractivity contribution in [1.82, 2.24) is 10.4 Å². The van der Waals surface area contributed by atoms with Gasteiger partial charge in [-0.3, -0.25) is 10.2 Å². The van der Waals surface area contributed by atoms with Crippen molar-refractivity contribution in [2.75, 3.05) is 7.05 Å². The van der Waals surface area contributed by atoms with E-state index < -0.39 is 0 Å². The molecule has 0 rings (SSSR count). The molecule has 0 aromatic carbocycles. The highest BCUT2D eigenvalue weighted by molar-refractivity contribution is 5.75. The molecule has 0 aromatic heterocycles. The van der Waals surface area contributed by atoms with Crippen LogP contribution in [0.15, 0.2) is 0 Å². The number of hydrazine groups is 1. The van der Waals surface area contributed by atoms with Crippen LogP contribution in [0.5, 0.6) is 0 Å². The fourth-order valence-electron chi connectivity index (χ4n) is 4.91. The normalized spacial score (nSPS) is 11.6. The van der Waals surface area contributed by atoms with E-state index in [0.717, 1.165) is 19.3 Å². The van der Waals surface area contributed by atoms with Crippen molar-refractivity contribution in [2.24, 2.45) is 0 Å². The number of hydrogen-bond acceptors (Lipinski definition) is 2. The van der Waals surface area contributed by atoms with Crippen molar-refractivity contribution in [3.63, 3.8) is 0 Å². The molecule has 1 N–H and O–H groups in total. The summed E-state index contributed by atoms with van der Waals surface area (Å²) in [6.45, 7) is 6.73. The van der Waals surface area contributed by atoms with E-state index in [1.165, 1.54) is 128 Å². The summed E-state index contributed by atoms with van der Waals surface area (Å²) >= 11 is 0. The Morgan fingerprint density at radius 2 is 0.879 bits per heavy atom. The van der Waals surface area contributed by atoms with E-state index in [0.29, 0.717) is 12.5 Å². The van der Waals surface area contributed by atoms with Crippen LogP contribution in [0.25, 0.3) is 0 Å². The van der Waals surface area contributed by atoms with Gasteiger partial charge in [0, 0.05) is 19.5 Å². The number of unbranched alkanes of at least 4 members (excludes halogenated alkanes) is 18. The predicted octanol–water partition coefficient (Wildman–Crippen LogP) is 9.74. The van der Waals surface area contributed by atoms with Gasteiger partial charge in [0.15, 0.2) is 0 Å². The first kappa shape index (κ1) is 32.4. The molecule has 3 nitrogen and oxygen atoms in total. The van der Waals surface area contributed by atoms with Gasteiger partial charge in [0.2, 0.25) is 5.91 Å². The number of rotatable bonds is 26. The topological polar surface area (TPSA) is 32.3 Å². The smallest absolute Gasteiger partial charge is 0.234 e. The van der Waals surface area contributed by atoms with Gasteiger partial charge in [-0.15, -0.1) is 0 Å². The van der Waals surface area contributed by atoms with E-state index in [2.05, 4.69) is 31.2 Å². The molecule has 3 heteroatoms. The van der Waals surface area contributed by atoms with E-state index in [1.807, 2.05) is 7.05 Å². The summed E-state index contributed by atoms with van der Waals surface area (Å²) in [7, 11) is 2.03. The summed E-state index contributed by atoms with van der Waals surface area (Å²) in [6.07, 6.45) is 31.7. The van der Waals surface area contributed by atoms with E-state index in [1.54, 1.807) is 0 Å². The van der Waals surface area contributed by atoms with Crippen LogP contribution in [0.3, 0.4) is 0 Å². The van der Waals surface area contributed by atoms with Gasteiger partial charge in [0.05, 0.1) is 0 Å². The van der Waals surface area contributed by atoms with Crippen molar-refractivity contribution in [3.05, 3.63) is 0 Å². The number of nitrogens with one attached hydrogen (secondary N) is 1. The van der Waals surface area contributed by atoms with Gasteiger partial charge in [0.1, 0.15) is 0 Å². The van der Waals surface area contributed by atoms with E-state index in [9.17, 15) is 4.79 Å². The van der Waals surface area contributed by atoms with Crippen LogP contribution in [-0.4, -0.2) is 24.0 Å². The molecular weight excluding hydrogens is 404 g/mol. The van der Waals surface area contributed by atoms with Crippen molar-refractivity contribution >= 4 is 5.91 Å². The first-order chi connectivity index (χ1) is 16.2. The molecule has 0 heterocycles. The highest BCUT2D eigenvalue weighted by atomic mass is 16.2. The SMILES string of the molecule is CCCCCCCCCCCCCCCCCCCCCC(=O)NN(C)C(CCC)CCC. The predicted molar refractivity (Wildman–Crippen MR) is 148 cm³/mol.